The van der Waals surface area contributed by atoms with Gasteiger partial charge in [-0.05, 0) is 18.9 Å². The molecule has 0 saturated carbocycles. The standard InChI is InChI=1S/C13H15N5O2/c19-12-7-14-11(6-15-12)13(20)18-5-1-2-9(8-18)10-3-4-16-17-10/h3-4,6-7,9H,1-2,5,8H2,(H,15,19)(H,16,17). The number of carbonyl (C=O) groups is 1. The number of nitrogens with zero attached hydrogens (tertiary/aromatic N) is 3. The normalized spacial score (nSPS) is 19.0. The van der Waals surface area contributed by atoms with Crippen molar-refractivity contribution in [3.63, 3.8) is 0 Å². The number of likely N-dealkylation sites (tertiary alicyclic amines) is 1. The summed E-state index contributed by atoms with van der Waals surface area (Å²) in [6.07, 6.45) is 6.19. The second kappa shape index (κ2) is 5.28. The highest BCUT2D eigenvalue weighted by Gasteiger charge is 2.26. The summed E-state index contributed by atoms with van der Waals surface area (Å²) in [5.41, 5.74) is 1.02. The van der Waals surface area contributed by atoms with E-state index >= 15 is 0 Å². The van der Waals surface area contributed by atoms with E-state index in [4.69, 9.17) is 0 Å². The molecule has 20 heavy (non-hydrogen) atoms. The molecule has 1 atom stereocenters. The Balaban J connectivity index is 1.75. The summed E-state index contributed by atoms with van der Waals surface area (Å²) >= 11 is 0. The molecule has 7 heteroatoms. The van der Waals surface area contributed by atoms with Crippen molar-refractivity contribution in [3.05, 3.63) is 46.4 Å². The van der Waals surface area contributed by atoms with Crippen LogP contribution >= 0.6 is 0 Å². The van der Waals surface area contributed by atoms with Crippen LogP contribution in [-0.4, -0.2) is 44.1 Å². The van der Waals surface area contributed by atoms with Gasteiger partial charge in [-0.1, -0.05) is 0 Å². The third kappa shape index (κ3) is 2.47. The average molecular weight is 273 g/mol. The highest BCUT2D eigenvalue weighted by atomic mass is 16.2. The second-order valence-electron chi connectivity index (χ2n) is 4.90. The van der Waals surface area contributed by atoms with Crippen LogP contribution in [0.25, 0.3) is 0 Å². The van der Waals surface area contributed by atoms with Gasteiger partial charge in [-0.2, -0.15) is 5.10 Å². The largest absolute Gasteiger partial charge is 0.337 e. The van der Waals surface area contributed by atoms with E-state index in [-0.39, 0.29) is 23.1 Å². The number of amides is 1. The summed E-state index contributed by atoms with van der Waals surface area (Å²) in [6, 6.07) is 1.94. The molecule has 1 amide bonds. The highest BCUT2D eigenvalue weighted by Crippen LogP contribution is 2.25. The number of piperidine rings is 1. The molecule has 0 aromatic carbocycles. The second-order valence-corrected chi connectivity index (χ2v) is 4.90. The van der Waals surface area contributed by atoms with Crippen molar-refractivity contribution < 1.29 is 4.79 Å². The van der Waals surface area contributed by atoms with E-state index in [9.17, 15) is 9.59 Å². The quantitative estimate of drug-likeness (QED) is 0.833. The van der Waals surface area contributed by atoms with Crippen LogP contribution in [0.2, 0.25) is 0 Å². The monoisotopic (exact) mass is 273 g/mol. The van der Waals surface area contributed by atoms with Crippen molar-refractivity contribution in [1.29, 1.82) is 0 Å². The molecule has 3 rings (SSSR count). The molecule has 0 bridgehead atoms. The first kappa shape index (κ1) is 12.6. The maximum Gasteiger partial charge on any atom is 0.273 e. The van der Waals surface area contributed by atoms with Crippen molar-refractivity contribution in [1.82, 2.24) is 25.1 Å². The van der Waals surface area contributed by atoms with E-state index in [2.05, 4.69) is 20.2 Å². The lowest BCUT2D eigenvalue weighted by molar-refractivity contribution is 0.0699. The lowest BCUT2D eigenvalue weighted by atomic mass is 9.95. The van der Waals surface area contributed by atoms with Crippen molar-refractivity contribution in [2.45, 2.75) is 18.8 Å². The Labute approximate surface area is 115 Å². The van der Waals surface area contributed by atoms with Gasteiger partial charge in [0, 0.05) is 37.1 Å². The Bertz CT molecular complexity index is 629. The van der Waals surface area contributed by atoms with E-state index < -0.39 is 0 Å². The Kier molecular flexibility index (Phi) is 3.32. The van der Waals surface area contributed by atoms with E-state index in [1.807, 2.05) is 6.07 Å². The topological polar surface area (TPSA) is 94.7 Å². The Morgan fingerprint density at radius 3 is 3.05 bits per heavy atom. The van der Waals surface area contributed by atoms with Crippen LogP contribution in [0.3, 0.4) is 0 Å². The van der Waals surface area contributed by atoms with Crippen LogP contribution in [0.15, 0.2) is 29.5 Å². The zero-order valence-electron chi connectivity index (χ0n) is 10.9. The lowest BCUT2D eigenvalue weighted by Crippen LogP contribution is -2.39. The molecule has 3 heterocycles. The number of hydrogen-bond donors (Lipinski definition) is 2. The minimum absolute atomic E-state index is 0.148. The lowest BCUT2D eigenvalue weighted by Gasteiger charge is -2.31. The summed E-state index contributed by atoms with van der Waals surface area (Å²) in [5.74, 6) is 0.128. The number of hydrogen-bond acceptors (Lipinski definition) is 4. The summed E-state index contributed by atoms with van der Waals surface area (Å²) < 4.78 is 0. The van der Waals surface area contributed by atoms with Gasteiger partial charge < -0.3 is 9.88 Å². The number of carbonyl (C=O) groups excluding carboxylic acids is 1. The third-order valence-electron chi connectivity index (χ3n) is 3.56. The van der Waals surface area contributed by atoms with Crippen molar-refractivity contribution in [3.8, 4) is 0 Å². The molecule has 1 fully saturated rings. The van der Waals surface area contributed by atoms with Crippen LogP contribution < -0.4 is 5.56 Å². The molecule has 7 nitrogen and oxygen atoms in total. The molecule has 104 valence electrons. The van der Waals surface area contributed by atoms with Gasteiger partial charge in [-0.3, -0.25) is 14.7 Å². The maximum absolute atomic E-state index is 12.3. The smallest absolute Gasteiger partial charge is 0.273 e. The average Bonchev–Trinajstić information content (AvgIpc) is 3.02. The minimum atomic E-state index is -0.310. The van der Waals surface area contributed by atoms with E-state index in [0.717, 1.165) is 24.7 Å². The predicted octanol–water partition coefficient (Wildman–Crippen LogP) is 0.513. The number of nitrogens with one attached hydrogen (secondary N) is 2. The van der Waals surface area contributed by atoms with Gasteiger partial charge >= 0.3 is 0 Å². The fraction of sp³-hybridized carbons (Fsp3) is 0.385. The summed E-state index contributed by atoms with van der Waals surface area (Å²) in [6.45, 7) is 1.35. The molecule has 2 aromatic heterocycles. The van der Waals surface area contributed by atoms with Crippen LogP contribution in [0.5, 0.6) is 0 Å². The molecular weight excluding hydrogens is 258 g/mol. The number of H-pyrrole nitrogens is 2. The molecular formula is C13H15N5O2. The molecule has 1 unspecified atom stereocenters. The molecule has 2 N–H and O–H groups in total. The summed E-state index contributed by atoms with van der Waals surface area (Å²) in [4.78, 5) is 31.5. The number of aromatic nitrogens is 4. The minimum Gasteiger partial charge on any atom is -0.337 e. The van der Waals surface area contributed by atoms with E-state index in [1.54, 1.807) is 11.1 Å². The van der Waals surface area contributed by atoms with Gasteiger partial charge in [0.2, 0.25) is 0 Å². The fourth-order valence-corrected chi connectivity index (χ4v) is 2.53. The maximum atomic E-state index is 12.3. The number of rotatable bonds is 2. The van der Waals surface area contributed by atoms with Crippen molar-refractivity contribution in [2.24, 2.45) is 0 Å². The Morgan fingerprint density at radius 1 is 1.45 bits per heavy atom. The highest BCUT2D eigenvalue weighted by molar-refractivity contribution is 5.92. The predicted molar refractivity (Wildman–Crippen MR) is 71.3 cm³/mol. The van der Waals surface area contributed by atoms with Crippen LogP contribution in [0, 0.1) is 0 Å². The molecule has 0 spiro atoms. The molecule has 1 aliphatic rings. The van der Waals surface area contributed by atoms with Gasteiger partial charge in [0.15, 0.2) is 0 Å². The molecule has 2 aromatic rings. The molecule has 0 aliphatic carbocycles. The SMILES string of the molecule is O=C(c1c[nH]c(=O)cn1)N1CCCC(c2ccn[nH]2)C1. The van der Waals surface area contributed by atoms with E-state index in [0.29, 0.717) is 13.1 Å². The van der Waals surface area contributed by atoms with Crippen LogP contribution in [0.1, 0.15) is 34.9 Å². The third-order valence-corrected chi connectivity index (χ3v) is 3.56. The van der Waals surface area contributed by atoms with Gasteiger partial charge in [0.05, 0.1) is 6.20 Å². The first-order valence-electron chi connectivity index (χ1n) is 6.57. The zero-order valence-corrected chi connectivity index (χ0v) is 10.9. The van der Waals surface area contributed by atoms with Gasteiger partial charge in [0.1, 0.15) is 5.69 Å². The van der Waals surface area contributed by atoms with Gasteiger partial charge in [-0.25, -0.2) is 4.98 Å². The van der Waals surface area contributed by atoms with Crippen LogP contribution in [-0.2, 0) is 0 Å². The van der Waals surface area contributed by atoms with Crippen molar-refractivity contribution in [2.75, 3.05) is 13.1 Å². The Morgan fingerprint density at radius 2 is 2.35 bits per heavy atom. The summed E-state index contributed by atoms with van der Waals surface area (Å²) in [5, 5.41) is 6.92. The molecule has 1 aliphatic heterocycles. The first-order chi connectivity index (χ1) is 9.74. The fourth-order valence-electron chi connectivity index (χ4n) is 2.53. The van der Waals surface area contributed by atoms with Gasteiger partial charge in [-0.15, -0.1) is 0 Å². The molecule has 1 saturated heterocycles. The molecule has 0 radical (unpaired) electrons. The number of aromatic amines is 2. The van der Waals surface area contributed by atoms with E-state index in [1.165, 1.54) is 6.20 Å². The Hall–Kier alpha value is -2.44. The van der Waals surface area contributed by atoms with Crippen molar-refractivity contribution >= 4 is 5.91 Å². The zero-order chi connectivity index (χ0) is 13.9. The summed E-state index contributed by atoms with van der Waals surface area (Å²) in [7, 11) is 0. The van der Waals surface area contributed by atoms with Crippen LogP contribution in [0.4, 0.5) is 0 Å². The first-order valence-corrected chi connectivity index (χ1v) is 6.57. The van der Waals surface area contributed by atoms with Gasteiger partial charge in [0.25, 0.3) is 11.5 Å².